The van der Waals surface area contributed by atoms with E-state index in [1.165, 1.54) is 0 Å². The van der Waals surface area contributed by atoms with E-state index in [2.05, 4.69) is 37.2 Å². The third kappa shape index (κ3) is 4.58. The molecule has 3 nitrogen and oxygen atoms in total. The summed E-state index contributed by atoms with van der Waals surface area (Å²) in [5.41, 5.74) is 0.957. The second-order valence-electron chi connectivity index (χ2n) is 4.62. The molecule has 0 saturated carbocycles. The zero-order valence-electron chi connectivity index (χ0n) is 9.93. The van der Waals surface area contributed by atoms with Gasteiger partial charge in [0, 0.05) is 18.7 Å². The molecule has 0 aliphatic heterocycles. The standard InChI is InChI=1S/C12H17Br2NO2/c1-12(2,3-4-16)15-7-8-5-9(13)11(17)10(14)6-8/h5-6,15-17H,3-4,7H2,1-2H3. The lowest BCUT2D eigenvalue weighted by Crippen LogP contribution is -2.39. The monoisotopic (exact) mass is 365 g/mol. The summed E-state index contributed by atoms with van der Waals surface area (Å²) in [6.07, 6.45) is 0.702. The molecule has 0 heterocycles. The van der Waals surface area contributed by atoms with Crippen molar-refractivity contribution in [3.05, 3.63) is 26.6 Å². The van der Waals surface area contributed by atoms with Gasteiger partial charge in [-0.3, -0.25) is 0 Å². The highest BCUT2D eigenvalue weighted by atomic mass is 79.9. The normalized spacial score (nSPS) is 11.8. The van der Waals surface area contributed by atoms with Crippen LogP contribution >= 0.6 is 31.9 Å². The number of benzene rings is 1. The molecule has 5 heteroatoms. The molecule has 1 rings (SSSR count). The van der Waals surface area contributed by atoms with E-state index in [-0.39, 0.29) is 17.9 Å². The first-order chi connectivity index (χ1) is 7.85. The van der Waals surface area contributed by atoms with Gasteiger partial charge in [-0.25, -0.2) is 0 Å². The van der Waals surface area contributed by atoms with Crippen LogP contribution in [-0.2, 0) is 6.54 Å². The molecule has 0 unspecified atom stereocenters. The summed E-state index contributed by atoms with van der Waals surface area (Å²) >= 11 is 6.60. The minimum Gasteiger partial charge on any atom is -0.506 e. The average Bonchev–Trinajstić information content (AvgIpc) is 2.23. The quantitative estimate of drug-likeness (QED) is 0.750. The highest BCUT2D eigenvalue weighted by Crippen LogP contribution is 2.33. The molecule has 0 bridgehead atoms. The molecule has 96 valence electrons. The van der Waals surface area contributed by atoms with Crippen molar-refractivity contribution in [3.8, 4) is 5.75 Å². The third-order valence-electron chi connectivity index (χ3n) is 2.58. The number of phenols is 1. The van der Waals surface area contributed by atoms with Crippen molar-refractivity contribution in [3.63, 3.8) is 0 Å². The van der Waals surface area contributed by atoms with Crippen LogP contribution in [-0.4, -0.2) is 22.4 Å². The van der Waals surface area contributed by atoms with Gasteiger partial charge in [0.25, 0.3) is 0 Å². The van der Waals surface area contributed by atoms with Crippen LogP contribution in [0.4, 0.5) is 0 Å². The average molecular weight is 367 g/mol. The fourth-order valence-corrected chi connectivity index (χ4v) is 2.71. The number of aromatic hydroxyl groups is 1. The van der Waals surface area contributed by atoms with Crippen LogP contribution in [0.15, 0.2) is 21.1 Å². The molecule has 1 aromatic rings. The van der Waals surface area contributed by atoms with Crippen LogP contribution in [0.1, 0.15) is 25.8 Å². The molecule has 0 fully saturated rings. The van der Waals surface area contributed by atoms with E-state index >= 15 is 0 Å². The van der Waals surface area contributed by atoms with Crippen LogP contribution in [0, 0.1) is 0 Å². The highest BCUT2D eigenvalue weighted by molar-refractivity contribution is 9.11. The summed E-state index contributed by atoms with van der Waals surface area (Å²) in [4.78, 5) is 0. The Balaban J connectivity index is 2.70. The van der Waals surface area contributed by atoms with Crippen molar-refractivity contribution < 1.29 is 10.2 Å². The molecule has 0 spiro atoms. The number of aliphatic hydroxyl groups is 1. The first-order valence-electron chi connectivity index (χ1n) is 5.38. The van der Waals surface area contributed by atoms with Crippen LogP contribution in [0.5, 0.6) is 5.75 Å². The van der Waals surface area contributed by atoms with Crippen molar-refractivity contribution >= 4 is 31.9 Å². The maximum absolute atomic E-state index is 9.60. The van der Waals surface area contributed by atoms with E-state index in [0.717, 1.165) is 5.56 Å². The van der Waals surface area contributed by atoms with Gasteiger partial charge in [-0.05, 0) is 69.8 Å². The third-order valence-corrected chi connectivity index (χ3v) is 3.79. The van der Waals surface area contributed by atoms with Gasteiger partial charge in [-0.1, -0.05) is 0 Å². The second kappa shape index (κ2) is 6.18. The van der Waals surface area contributed by atoms with Gasteiger partial charge in [0.2, 0.25) is 0 Å². The number of aliphatic hydroxyl groups excluding tert-OH is 1. The lowest BCUT2D eigenvalue weighted by Gasteiger charge is -2.25. The zero-order valence-corrected chi connectivity index (χ0v) is 13.1. The fraction of sp³-hybridized carbons (Fsp3) is 0.500. The number of rotatable bonds is 5. The van der Waals surface area contributed by atoms with Crippen LogP contribution in [0.3, 0.4) is 0 Å². The molecular formula is C12H17Br2NO2. The molecule has 17 heavy (non-hydrogen) atoms. The van der Waals surface area contributed by atoms with Gasteiger partial charge in [0.15, 0.2) is 0 Å². The summed E-state index contributed by atoms with van der Waals surface area (Å²) in [5, 5.41) is 21.9. The van der Waals surface area contributed by atoms with Crippen molar-refractivity contribution in [2.45, 2.75) is 32.4 Å². The first-order valence-corrected chi connectivity index (χ1v) is 6.97. The van der Waals surface area contributed by atoms with E-state index < -0.39 is 0 Å². The predicted octanol–water partition coefficient (Wildman–Crippen LogP) is 3.17. The number of nitrogens with one attached hydrogen (secondary N) is 1. The number of phenolic OH excluding ortho intramolecular Hbond substituents is 1. The first kappa shape index (κ1) is 15.0. The Morgan fingerprint density at radius 2 is 1.76 bits per heavy atom. The summed E-state index contributed by atoms with van der Waals surface area (Å²) in [7, 11) is 0. The minimum absolute atomic E-state index is 0.106. The number of hydrogen-bond acceptors (Lipinski definition) is 3. The molecule has 0 saturated heterocycles. The maximum Gasteiger partial charge on any atom is 0.143 e. The van der Waals surface area contributed by atoms with Gasteiger partial charge in [-0.15, -0.1) is 0 Å². The topological polar surface area (TPSA) is 52.5 Å². The lowest BCUT2D eigenvalue weighted by atomic mass is 10.0. The van der Waals surface area contributed by atoms with Crippen molar-refractivity contribution in [2.75, 3.05) is 6.61 Å². The molecule has 1 aromatic carbocycles. The van der Waals surface area contributed by atoms with Gasteiger partial charge < -0.3 is 15.5 Å². The molecule has 0 amide bonds. The highest BCUT2D eigenvalue weighted by Gasteiger charge is 2.16. The van der Waals surface area contributed by atoms with E-state index in [1.807, 2.05) is 26.0 Å². The molecule has 0 radical (unpaired) electrons. The maximum atomic E-state index is 9.60. The molecule has 0 aliphatic rings. The molecule has 3 N–H and O–H groups in total. The predicted molar refractivity (Wildman–Crippen MR) is 76.1 cm³/mol. The summed E-state index contributed by atoms with van der Waals surface area (Å²) in [6.45, 7) is 4.95. The summed E-state index contributed by atoms with van der Waals surface area (Å²) < 4.78 is 1.34. The second-order valence-corrected chi connectivity index (χ2v) is 6.33. The molecule has 0 aromatic heterocycles. The summed E-state index contributed by atoms with van der Waals surface area (Å²) in [6, 6.07) is 3.75. The zero-order chi connectivity index (χ0) is 13.1. The van der Waals surface area contributed by atoms with Gasteiger partial charge in [0.05, 0.1) is 8.95 Å². The van der Waals surface area contributed by atoms with E-state index in [0.29, 0.717) is 21.9 Å². The summed E-state index contributed by atoms with van der Waals surface area (Å²) in [5.74, 6) is 0.211. The van der Waals surface area contributed by atoms with Crippen LogP contribution in [0.2, 0.25) is 0 Å². The number of halogens is 2. The van der Waals surface area contributed by atoms with Crippen molar-refractivity contribution in [1.82, 2.24) is 5.32 Å². The molecule has 0 aliphatic carbocycles. The Hall–Kier alpha value is -0.100. The van der Waals surface area contributed by atoms with Crippen LogP contribution in [0.25, 0.3) is 0 Å². The lowest BCUT2D eigenvalue weighted by molar-refractivity contribution is 0.230. The van der Waals surface area contributed by atoms with E-state index in [4.69, 9.17) is 5.11 Å². The number of hydrogen-bond donors (Lipinski definition) is 3. The molecular weight excluding hydrogens is 350 g/mol. The SMILES string of the molecule is CC(C)(CCO)NCc1cc(Br)c(O)c(Br)c1. The smallest absolute Gasteiger partial charge is 0.143 e. The Bertz CT molecular complexity index is 371. The Kier molecular flexibility index (Phi) is 5.44. The Labute approximate surface area is 118 Å². The van der Waals surface area contributed by atoms with Gasteiger partial charge in [-0.2, -0.15) is 0 Å². The molecule has 0 atom stereocenters. The van der Waals surface area contributed by atoms with Crippen molar-refractivity contribution in [1.29, 1.82) is 0 Å². The minimum atomic E-state index is -0.106. The Morgan fingerprint density at radius 3 is 2.24 bits per heavy atom. The Morgan fingerprint density at radius 1 is 1.24 bits per heavy atom. The fourth-order valence-electron chi connectivity index (χ4n) is 1.43. The largest absolute Gasteiger partial charge is 0.506 e. The van der Waals surface area contributed by atoms with E-state index in [9.17, 15) is 5.11 Å². The van der Waals surface area contributed by atoms with Crippen molar-refractivity contribution in [2.24, 2.45) is 0 Å². The van der Waals surface area contributed by atoms with Crippen LogP contribution < -0.4 is 5.32 Å². The van der Waals surface area contributed by atoms with Gasteiger partial charge in [0.1, 0.15) is 5.75 Å². The van der Waals surface area contributed by atoms with Gasteiger partial charge >= 0.3 is 0 Å². The van der Waals surface area contributed by atoms with E-state index in [1.54, 1.807) is 0 Å².